The first-order chi connectivity index (χ1) is 11.0. The number of thiazole rings is 1. The number of ether oxygens (including phenoxy) is 1. The van der Waals surface area contributed by atoms with Crippen molar-refractivity contribution in [2.45, 2.75) is 6.92 Å². The Balaban J connectivity index is 1.93. The summed E-state index contributed by atoms with van der Waals surface area (Å²) in [7, 11) is 1.50. The average molecular weight is 367 g/mol. The zero-order valence-electron chi connectivity index (χ0n) is 12.3. The van der Waals surface area contributed by atoms with E-state index in [1.54, 1.807) is 24.3 Å². The van der Waals surface area contributed by atoms with Gasteiger partial charge in [-0.2, -0.15) is 0 Å². The molecule has 0 spiro atoms. The third-order valence-corrected chi connectivity index (χ3v) is 4.87. The highest BCUT2D eigenvalue weighted by molar-refractivity contribution is 7.22. The molecule has 0 fully saturated rings. The predicted octanol–water partition coefficient (Wildman–Crippen LogP) is 5.17. The zero-order chi connectivity index (χ0) is 16.6. The lowest BCUT2D eigenvalue weighted by Gasteiger charge is -2.08. The summed E-state index contributed by atoms with van der Waals surface area (Å²) in [5.74, 6) is 0.123. The minimum absolute atomic E-state index is 0.328. The van der Waals surface area contributed by atoms with Gasteiger partial charge in [-0.05, 0) is 42.8 Å². The molecule has 0 unspecified atom stereocenters. The van der Waals surface area contributed by atoms with E-state index in [0.29, 0.717) is 26.5 Å². The second-order valence-corrected chi connectivity index (χ2v) is 6.76. The Morgan fingerprint density at radius 3 is 2.78 bits per heavy atom. The van der Waals surface area contributed by atoms with Gasteiger partial charge >= 0.3 is 0 Å². The van der Waals surface area contributed by atoms with E-state index in [4.69, 9.17) is 27.9 Å². The Labute approximate surface area is 147 Å². The number of anilines is 1. The first-order valence-electron chi connectivity index (χ1n) is 6.69. The number of carbonyl (C=O) groups is 1. The van der Waals surface area contributed by atoms with Crippen molar-refractivity contribution in [1.82, 2.24) is 4.98 Å². The van der Waals surface area contributed by atoms with Gasteiger partial charge in [-0.3, -0.25) is 10.1 Å². The number of halogens is 2. The molecular weight excluding hydrogens is 355 g/mol. The molecule has 0 aliphatic carbocycles. The van der Waals surface area contributed by atoms with Crippen molar-refractivity contribution in [3.8, 4) is 5.75 Å². The van der Waals surface area contributed by atoms with Crippen molar-refractivity contribution in [1.29, 1.82) is 0 Å². The van der Waals surface area contributed by atoms with Crippen molar-refractivity contribution in [2.24, 2.45) is 0 Å². The monoisotopic (exact) mass is 366 g/mol. The fourth-order valence-electron chi connectivity index (χ4n) is 2.13. The number of benzene rings is 2. The number of hydrogen-bond acceptors (Lipinski definition) is 4. The van der Waals surface area contributed by atoms with E-state index in [0.717, 1.165) is 15.8 Å². The summed E-state index contributed by atoms with van der Waals surface area (Å²) in [6, 6.07) is 8.62. The number of nitrogens with zero attached hydrogens (tertiary/aromatic N) is 1. The number of carbonyl (C=O) groups excluding carboxylic acids is 1. The van der Waals surface area contributed by atoms with Crippen LogP contribution in [0.15, 0.2) is 30.3 Å². The van der Waals surface area contributed by atoms with Crippen LogP contribution in [0.4, 0.5) is 5.13 Å². The van der Waals surface area contributed by atoms with Gasteiger partial charge in [0.15, 0.2) is 5.13 Å². The SMILES string of the molecule is COc1ccc(Cl)cc1C(=O)Nc1nc2cc(Cl)c(C)cc2s1. The second kappa shape index (κ2) is 6.35. The van der Waals surface area contributed by atoms with Gasteiger partial charge in [-0.15, -0.1) is 0 Å². The molecule has 118 valence electrons. The predicted molar refractivity (Wildman–Crippen MR) is 95.3 cm³/mol. The van der Waals surface area contributed by atoms with Crippen LogP contribution in [-0.4, -0.2) is 18.0 Å². The van der Waals surface area contributed by atoms with Gasteiger partial charge in [0.2, 0.25) is 0 Å². The fraction of sp³-hybridized carbons (Fsp3) is 0.125. The molecule has 2 aromatic carbocycles. The van der Waals surface area contributed by atoms with Gasteiger partial charge in [0.1, 0.15) is 5.75 Å². The fourth-order valence-corrected chi connectivity index (χ4v) is 3.40. The van der Waals surface area contributed by atoms with E-state index in [1.807, 2.05) is 13.0 Å². The molecule has 4 nitrogen and oxygen atoms in total. The number of rotatable bonds is 3. The standard InChI is InChI=1S/C16H12Cl2N2O2S/c1-8-5-14-12(7-11(8)18)19-16(23-14)20-15(21)10-6-9(17)3-4-13(10)22-2/h3-7H,1-2H3,(H,19,20,21). The Morgan fingerprint density at radius 2 is 2.04 bits per heavy atom. The van der Waals surface area contributed by atoms with Gasteiger partial charge < -0.3 is 4.74 Å². The van der Waals surface area contributed by atoms with Gasteiger partial charge in [0, 0.05) is 10.0 Å². The molecule has 1 amide bonds. The molecule has 1 aromatic heterocycles. The van der Waals surface area contributed by atoms with Crippen molar-refractivity contribution < 1.29 is 9.53 Å². The normalized spacial score (nSPS) is 10.8. The van der Waals surface area contributed by atoms with Crippen LogP contribution in [0.1, 0.15) is 15.9 Å². The third-order valence-electron chi connectivity index (χ3n) is 3.30. The molecule has 7 heteroatoms. The second-order valence-electron chi connectivity index (χ2n) is 4.89. The summed E-state index contributed by atoms with van der Waals surface area (Å²) in [4.78, 5) is 16.8. The lowest BCUT2D eigenvalue weighted by molar-refractivity contribution is 0.102. The molecule has 0 atom stereocenters. The lowest BCUT2D eigenvalue weighted by atomic mass is 10.2. The molecule has 0 aliphatic heterocycles. The maximum absolute atomic E-state index is 12.4. The van der Waals surface area contributed by atoms with Crippen molar-refractivity contribution in [3.05, 3.63) is 51.5 Å². The van der Waals surface area contributed by atoms with E-state index < -0.39 is 0 Å². The number of methoxy groups -OCH3 is 1. The van der Waals surface area contributed by atoms with Crippen LogP contribution in [0.2, 0.25) is 10.0 Å². The van der Waals surface area contributed by atoms with Crippen LogP contribution < -0.4 is 10.1 Å². The maximum atomic E-state index is 12.4. The maximum Gasteiger partial charge on any atom is 0.261 e. The Morgan fingerprint density at radius 1 is 1.26 bits per heavy atom. The molecule has 3 rings (SSSR count). The molecule has 23 heavy (non-hydrogen) atoms. The number of nitrogens with one attached hydrogen (secondary N) is 1. The van der Waals surface area contributed by atoms with E-state index in [1.165, 1.54) is 18.4 Å². The van der Waals surface area contributed by atoms with Crippen LogP contribution in [0, 0.1) is 6.92 Å². The van der Waals surface area contributed by atoms with E-state index in [-0.39, 0.29) is 5.91 Å². The highest BCUT2D eigenvalue weighted by Crippen LogP contribution is 2.31. The Hall–Kier alpha value is -1.82. The molecule has 0 radical (unpaired) electrons. The number of hydrogen-bond donors (Lipinski definition) is 1. The number of fused-ring (bicyclic) bond motifs is 1. The van der Waals surface area contributed by atoms with Crippen molar-refractivity contribution >= 4 is 55.8 Å². The molecule has 1 heterocycles. The zero-order valence-corrected chi connectivity index (χ0v) is 14.6. The minimum atomic E-state index is -0.328. The number of amides is 1. The van der Waals surface area contributed by atoms with E-state index >= 15 is 0 Å². The highest BCUT2D eigenvalue weighted by Gasteiger charge is 2.15. The lowest BCUT2D eigenvalue weighted by Crippen LogP contribution is -2.13. The van der Waals surface area contributed by atoms with Gasteiger partial charge in [-0.1, -0.05) is 34.5 Å². The summed E-state index contributed by atoms with van der Waals surface area (Å²) in [6.45, 7) is 1.93. The van der Waals surface area contributed by atoms with Crippen molar-refractivity contribution in [3.63, 3.8) is 0 Å². The largest absolute Gasteiger partial charge is 0.496 e. The first-order valence-corrected chi connectivity index (χ1v) is 8.27. The van der Waals surface area contributed by atoms with Gasteiger partial charge in [0.25, 0.3) is 5.91 Å². The molecule has 0 bridgehead atoms. The van der Waals surface area contributed by atoms with Crippen LogP contribution in [0.25, 0.3) is 10.2 Å². The molecular formula is C16H12Cl2N2O2S. The van der Waals surface area contributed by atoms with Crippen LogP contribution in [0.3, 0.4) is 0 Å². The van der Waals surface area contributed by atoms with Crippen LogP contribution in [-0.2, 0) is 0 Å². The minimum Gasteiger partial charge on any atom is -0.496 e. The molecule has 0 saturated carbocycles. The van der Waals surface area contributed by atoms with Gasteiger partial charge in [-0.25, -0.2) is 4.98 Å². The third kappa shape index (κ3) is 3.27. The average Bonchev–Trinajstić information content (AvgIpc) is 2.88. The Bertz CT molecular complexity index is 869. The number of aromatic nitrogens is 1. The summed E-state index contributed by atoms with van der Waals surface area (Å²) in [6.07, 6.45) is 0. The van der Waals surface area contributed by atoms with E-state index in [9.17, 15) is 4.79 Å². The first kappa shape index (κ1) is 16.1. The van der Waals surface area contributed by atoms with Crippen LogP contribution >= 0.6 is 34.5 Å². The summed E-state index contributed by atoms with van der Waals surface area (Å²) in [5.41, 5.74) is 2.07. The number of aryl methyl sites for hydroxylation is 1. The summed E-state index contributed by atoms with van der Waals surface area (Å²) in [5, 5.41) is 4.38. The summed E-state index contributed by atoms with van der Waals surface area (Å²) >= 11 is 13.4. The molecule has 1 N–H and O–H groups in total. The topological polar surface area (TPSA) is 51.2 Å². The molecule has 3 aromatic rings. The highest BCUT2D eigenvalue weighted by atomic mass is 35.5. The Kier molecular flexibility index (Phi) is 4.43. The van der Waals surface area contributed by atoms with Crippen molar-refractivity contribution in [2.75, 3.05) is 12.4 Å². The molecule has 0 aliphatic rings. The van der Waals surface area contributed by atoms with Crippen LogP contribution in [0.5, 0.6) is 5.75 Å². The van der Waals surface area contributed by atoms with E-state index in [2.05, 4.69) is 10.3 Å². The smallest absolute Gasteiger partial charge is 0.261 e. The summed E-state index contributed by atoms with van der Waals surface area (Å²) < 4.78 is 6.15. The molecule has 0 saturated heterocycles. The van der Waals surface area contributed by atoms with Gasteiger partial charge in [0.05, 0.1) is 22.9 Å². The quantitative estimate of drug-likeness (QED) is 0.695.